The molecule has 5 nitrogen and oxygen atoms in total. The monoisotopic (exact) mass is 258 g/mol. The summed E-state index contributed by atoms with van der Waals surface area (Å²) in [7, 11) is 0. The van der Waals surface area contributed by atoms with Crippen LogP contribution in [0.15, 0.2) is 46.4 Å². The fourth-order valence-electron chi connectivity index (χ4n) is 2.20. The maximum Gasteiger partial charge on any atom is 0.209 e. The van der Waals surface area contributed by atoms with Gasteiger partial charge < -0.3 is 9.84 Å². The maximum atomic E-state index is 5.58. The molecule has 3 aromatic rings. The van der Waals surface area contributed by atoms with Crippen LogP contribution in [0.5, 0.6) is 0 Å². The van der Waals surface area contributed by atoms with Crippen molar-refractivity contribution in [2.75, 3.05) is 11.2 Å². The van der Waals surface area contributed by atoms with Gasteiger partial charge in [0, 0.05) is 16.7 Å². The van der Waals surface area contributed by atoms with Crippen LogP contribution in [0.1, 0.15) is 11.6 Å². The van der Waals surface area contributed by atoms with E-state index in [9.17, 15) is 0 Å². The van der Waals surface area contributed by atoms with Crippen molar-refractivity contribution in [1.29, 1.82) is 0 Å². The number of fused-ring (bicyclic) bond motifs is 2. The first kappa shape index (κ1) is 10.0. The summed E-state index contributed by atoms with van der Waals surface area (Å²) in [5, 5.41) is 9.97. The van der Waals surface area contributed by atoms with Gasteiger partial charge in [0.25, 0.3) is 0 Å². The van der Waals surface area contributed by atoms with E-state index in [-0.39, 0.29) is 6.04 Å². The van der Waals surface area contributed by atoms with Crippen LogP contribution in [-0.2, 0) is 0 Å². The van der Waals surface area contributed by atoms with Crippen molar-refractivity contribution in [2.45, 2.75) is 11.2 Å². The summed E-state index contributed by atoms with van der Waals surface area (Å²) in [5.41, 5.74) is 5.49. The average Bonchev–Trinajstić information content (AvgIpc) is 3.04. The molecule has 0 aliphatic carbocycles. The molecule has 1 atom stereocenters. The molecule has 1 aliphatic rings. The fraction of sp³-hybridized carbons (Fsp3) is 0.167. The highest BCUT2D eigenvalue weighted by molar-refractivity contribution is 7.99. The molecule has 0 fully saturated rings. The Morgan fingerprint density at radius 1 is 1.39 bits per heavy atom. The molecule has 4 rings (SSSR count). The molecular formula is C12H10N4OS. The minimum absolute atomic E-state index is 0.210. The first-order valence-corrected chi connectivity index (χ1v) is 6.66. The number of benzene rings is 1. The summed E-state index contributed by atoms with van der Waals surface area (Å²) >= 11 is 1.70. The summed E-state index contributed by atoms with van der Waals surface area (Å²) in [5.74, 6) is 0.919. The minimum atomic E-state index is 0.210. The Balaban J connectivity index is 1.76. The second-order valence-electron chi connectivity index (χ2n) is 4.16. The zero-order chi connectivity index (χ0) is 11.9. The molecule has 0 bridgehead atoms. The van der Waals surface area contributed by atoms with Gasteiger partial charge in [0.1, 0.15) is 11.9 Å². The van der Waals surface area contributed by atoms with Crippen LogP contribution in [-0.4, -0.2) is 20.6 Å². The first-order valence-electron chi connectivity index (χ1n) is 5.67. The Labute approximate surface area is 107 Å². The minimum Gasteiger partial charge on any atom is -0.464 e. The number of aromatic nitrogens is 3. The molecule has 0 spiro atoms. The Morgan fingerprint density at radius 2 is 2.33 bits per heavy atom. The van der Waals surface area contributed by atoms with Crippen molar-refractivity contribution in [3.05, 3.63) is 42.4 Å². The predicted molar refractivity (Wildman–Crippen MR) is 69.1 cm³/mol. The van der Waals surface area contributed by atoms with Crippen molar-refractivity contribution >= 4 is 22.7 Å². The third-order valence-electron chi connectivity index (χ3n) is 3.08. The Hall–Kier alpha value is -1.95. The van der Waals surface area contributed by atoms with Crippen molar-refractivity contribution in [3.8, 4) is 0 Å². The van der Waals surface area contributed by atoms with Crippen LogP contribution < -0.4 is 5.43 Å². The fourth-order valence-corrected chi connectivity index (χ4v) is 3.12. The van der Waals surface area contributed by atoms with Gasteiger partial charge in [0.05, 0.1) is 12.3 Å². The number of rotatable bonds is 1. The number of nitrogens with one attached hydrogen (secondary N) is 1. The van der Waals surface area contributed by atoms with E-state index >= 15 is 0 Å². The van der Waals surface area contributed by atoms with Crippen molar-refractivity contribution in [2.24, 2.45) is 0 Å². The molecule has 1 aliphatic heterocycles. The molecule has 6 heteroatoms. The van der Waals surface area contributed by atoms with E-state index < -0.39 is 0 Å². The van der Waals surface area contributed by atoms with Crippen molar-refractivity contribution < 1.29 is 4.42 Å². The van der Waals surface area contributed by atoms with Gasteiger partial charge in [-0.3, -0.25) is 0 Å². The van der Waals surface area contributed by atoms with Gasteiger partial charge in [-0.05, 0) is 6.07 Å². The van der Waals surface area contributed by atoms with Crippen LogP contribution in [0.2, 0.25) is 0 Å². The van der Waals surface area contributed by atoms with Crippen LogP contribution in [0.3, 0.4) is 0 Å². The predicted octanol–water partition coefficient (Wildman–Crippen LogP) is 2.41. The zero-order valence-corrected chi connectivity index (χ0v) is 10.2. The summed E-state index contributed by atoms with van der Waals surface area (Å²) < 4.78 is 7.44. The molecule has 1 unspecified atom stereocenters. The van der Waals surface area contributed by atoms with E-state index in [1.807, 2.05) is 29.1 Å². The van der Waals surface area contributed by atoms with Gasteiger partial charge >= 0.3 is 0 Å². The third kappa shape index (κ3) is 1.42. The number of hydrogen-bond acceptors (Lipinski definition) is 5. The normalized spacial score (nSPS) is 18.6. The molecule has 0 saturated carbocycles. The highest BCUT2D eigenvalue weighted by Gasteiger charge is 2.23. The van der Waals surface area contributed by atoms with Crippen LogP contribution in [0.25, 0.3) is 11.0 Å². The van der Waals surface area contributed by atoms with Crippen molar-refractivity contribution in [1.82, 2.24) is 14.9 Å². The lowest BCUT2D eigenvalue weighted by molar-refractivity contribution is 0.596. The van der Waals surface area contributed by atoms with E-state index in [2.05, 4.69) is 21.7 Å². The zero-order valence-electron chi connectivity index (χ0n) is 9.41. The number of furan rings is 1. The molecule has 3 heterocycles. The molecule has 18 heavy (non-hydrogen) atoms. The molecule has 0 saturated heterocycles. The van der Waals surface area contributed by atoms with E-state index in [0.29, 0.717) is 0 Å². The van der Waals surface area contributed by atoms with Crippen molar-refractivity contribution in [3.63, 3.8) is 0 Å². The standard InChI is InChI=1S/C12H10N4OS/c1-2-4-11-8(3-1)9(5-17-11)10-6-18-12-14-13-7-16(12)15-10/h1-5,7,10,15H,6H2. The van der Waals surface area contributed by atoms with Gasteiger partial charge in [-0.15, -0.1) is 10.2 Å². The lowest BCUT2D eigenvalue weighted by Gasteiger charge is -2.24. The van der Waals surface area contributed by atoms with E-state index in [1.165, 1.54) is 5.56 Å². The molecule has 0 amide bonds. The molecule has 1 N–H and O–H groups in total. The molecule has 90 valence electrons. The molecule has 1 aromatic carbocycles. The van der Waals surface area contributed by atoms with Crippen LogP contribution in [0, 0.1) is 0 Å². The SMILES string of the molecule is c1ccc2c(C3CSc4nncn4N3)coc2c1. The second kappa shape index (κ2) is 3.78. The molecule has 2 aromatic heterocycles. The summed E-state index contributed by atoms with van der Waals surface area (Å²) in [6.45, 7) is 0. The Kier molecular flexibility index (Phi) is 2.10. The second-order valence-corrected chi connectivity index (χ2v) is 5.15. The average molecular weight is 258 g/mol. The Bertz CT molecular complexity index is 705. The number of para-hydroxylation sites is 1. The maximum absolute atomic E-state index is 5.58. The number of thioether (sulfide) groups is 1. The highest BCUT2D eigenvalue weighted by atomic mass is 32.2. The van der Waals surface area contributed by atoms with E-state index in [1.54, 1.807) is 18.1 Å². The summed E-state index contributed by atoms with van der Waals surface area (Å²) in [6, 6.07) is 8.29. The van der Waals surface area contributed by atoms with Gasteiger partial charge in [-0.25, -0.2) is 4.68 Å². The molecule has 0 radical (unpaired) electrons. The number of hydrogen-bond donors (Lipinski definition) is 1. The van der Waals surface area contributed by atoms with Gasteiger partial charge in [0.15, 0.2) is 0 Å². The molecular weight excluding hydrogens is 248 g/mol. The highest BCUT2D eigenvalue weighted by Crippen LogP contribution is 2.33. The topological polar surface area (TPSA) is 55.9 Å². The van der Waals surface area contributed by atoms with E-state index in [4.69, 9.17) is 4.42 Å². The smallest absolute Gasteiger partial charge is 0.209 e. The van der Waals surface area contributed by atoms with Gasteiger partial charge in [-0.1, -0.05) is 30.0 Å². The largest absolute Gasteiger partial charge is 0.464 e. The lowest BCUT2D eigenvalue weighted by atomic mass is 10.1. The third-order valence-corrected chi connectivity index (χ3v) is 4.11. The quantitative estimate of drug-likeness (QED) is 0.726. The van der Waals surface area contributed by atoms with Gasteiger partial charge in [-0.2, -0.15) is 0 Å². The number of nitrogens with zero attached hydrogens (tertiary/aromatic N) is 3. The van der Waals surface area contributed by atoms with Gasteiger partial charge in [0.2, 0.25) is 5.16 Å². The van der Waals surface area contributed by atoms with E-state index in [0.717, 1.165) is 21.9 Å². The first-order chi connectivity index (χ1) is 8.92. The Morgan fingerprint density at radius 3 is 3.33 bits per heavy atom. The summed E-state index contributed by atoms with van der Waals surface area (Å²) in [4.78, 5) is 0. The van der Waals surface area contributed by atoms with Crippen LogP contribution >= 0.6 is 11.8 Å². The summed E-state index contributed by atoms with van der Waals surface area (Å²) in [6.07, 6.45) is 3.52. The lowest BCUT2D eigenvalue weighted by Crippen LogP contribution is -2.26. The van der Waals surface area contributed by atoms with Crippen LogP contribution in [0.4, 0.5) is 0 Å².